The zero-order chi connectivity index (χ0) is 15.5. The van der Waals surface area contributed by atoms with E-state index >= 15 is 0 Å². The van der Waals surface area contributed by atoms with Crippen LogP contribution in [-0.4, -0.2) is 16.7 Å². The second kappa shape index (κ2) is 5.85. The molecule has 0 aliphatic rings. The Labute approximate surface area is 128 Å². The van der Waals surface area contributed by atoms with E-state index in [-0.39, 0.29) is 5.56 Å². The molecule has 1 aromatic heterocycles. The molecule has 2 aromatic carbocycles. The molecule has 0 radical (unpaired) electrons. The molecule has 0 fully saturated rings. The van der Waals surface area contributed by atoms with Gasteiger partial charge >= 0.3 is 0 Å². The lowest BCUT2D eigenvalue weighted by Gasteiger charge is -2.05. The Hall–Kier alpha value is -2.88. The molecule has 0 atom stereocenters. The smallest absolute Gasteiger partial charge is 0.276 e. The molecular weight excluding hydrogens is 276 g/mol. The average Bonchev–Trinajstić information content (AvgIpc) is 2.57. The monoisotopic (exact) mass is 292 g/mol. The van der Waals surface area contributed by atoms with Crippen molar-refractivity contribution in [1.82, 2.24) is 9.55 Å². The minimum Gasteiger partial charge on any atom is -0.497 e. The quantitative estimate of drug-likeness (QED) is 0.745. The van der Waals surface area contributed by atoms with E-state index in [4.69, 9.17) is 4.74 Å². The highest BCUT2D eigenvalue weighted by Gasteiger charge is 2.05. The molecule has 0 spiro atoms. The summed E-state index contributed by atoms with van der Waals surface area (Å²) in [6, 6.07) is 15.2. The molecule has 4 nitrogen and oxygen atoms in total. The summed E-state index contributed by atoms with van der Waals surface area (Å²) in [5, 5.41) is 0. The van der Waals surface area contributed by atoms with E-state index in [1.165, 1.54) is 0 Å². The first-order valence-electron chi connectivity index (χ1n) is 6.97. The van der Waals surface area contributed by atoms with Crippen LogP contribution in [0.2, 0.25) is 0 Å². The third-order valence-corrected chi connectivity index (χ3v) is 3.56. The Morgan fingerprint density at radius 2 is 1.77 bits per heavy atom. The number of rotatable bonds is 3. The largest absolute Gasteiger partial charge is 0.497 e. The van der Waals surface area contributed by atoms with E-state index in [2.05, 4.69) is 4.98 Å². The van der Waals surface area contributed by atoms with Crippen LogP contribution in [0.25, 0.3) is 23.2 Å². The van der Waals surface area contributed by atoms with Crippen molar-refractivity contribution in [2.45, 2.75) is 0 Å². The first kappa shape index (κ1) is 14.1. The maximum absolute atomic E-state index is 12.3. The molecule has 22 heavy (non-hydrogen) atoms. The SMILES string of the molecule is COc1ccc(C=Cc2nc3ccccc3n(C)c2=O)cc1. The van der Waals surface area contributed by atoms with Gasteiger partial charge in [0, 0.05) is 7.05 Å². The zero-order valence-electron chi connectivity index (χ0n) is 12.5. The van der Waals surface area contributed by atoms with Crippen LogP contribution >= 0.6 is 0 Å². The summed E-state index contributed by atoms with van der Waals surface area (Å²) < 4.78 is 6.75. The van der Waals surface area contributed by atoms with Crippen LogP contribution in [0.4, 0.5) is 0 Å². The second-order valence-electron chi connectivity index (χ2n) is 4.96. The van der Waals surface area contributed by atoms with Crippen molar-refractivity contribution in [3.05, 3.63) is 70.1 Å². The zero-order valence-corrected chi connectivity index (χ0v) is 12.5. The van der Waals surface area contributed by atoms with Gasteiger partial charge in [-0.15, -0.1) is 0 Å². The molecule has 0 unspecified atom stereocenters. The Morgan fingerprint density at radius 1 is 1.05 bits per heavy atom. The van der Waals surface area contributed by atoms with Crippen molar-refractivity contribution in [3.63, 3.8) is 0 Å². The molecule has 110 valence electrons. The van der Waals surface area contributed by atoms with E-state index in [9.17, 15) is 4.79 Å². The van der Waals surface area contributed by atoms with E-state index in [1.807, 2.05) is 54.6 Å². The molecule has 1 heterocycles. The number of fused-ring (bicyclic) bond motifs is 1. The van der Waals surface area contributed by atoms with Gasteiger partial charge in [-0.3, -0.25) is 4.79 Å². The fourth-order valence-electron chi connectivity index (χ4n) is 2.30. The van der Waals surface area contributed by atoms with Crippen LogP contribution in [0.3, 0.4) is 0 Å². The molecule has 0 N–H and O–H groups in total. The summed E-state index contributed by atoms with van der Waals surface area (Å²) in [5.74, 6) is 0.803. The maximum Gasteiger partial charge on any atom is 0.276 e. The topological polar surface area (TPSA) is 44.1 Å². The van der Waals surface area contributed by atoms with Crippen LogP contribution in [0.1, 0.15) is 11.3 Å². The predicted octanol–water partition coefficient (Wildman–Crippen LogP) is 3.11. The van der Waals surface area contributed by atoms with Crippen molar-refractivity contribution in [1.29, 1.82) is 0 Å². The van der Waals surface area contributed by atoms with Gasteiger partial charge in [0.2, 0.25) is 0 Å². The number of nitrogens with zero attached hydrogens (tertiary/aromatic N) is 2. The van der Waals surface area contributed by atoms with Crippen molar-refractivity contribution >= 4 is 23.2 Å². The first-order chi connectivity index (χ1) is 10.7. The van der Waals surface area contributed by atoms with Crippen molar-refractivity contribution in [3.8, 4) is 5.75 Å². The Bertz CT molecular complexity index is 893. The highest BCUT2D eigenvalue weighted by atomic mass is 16.5. The number of para-hydroxylation sites is 2. The normalized spacial score (nSPS) is 11.2. The highest BCUT2D eigenvalue weighted by Crippen LogP contribution is 2.14. The molecule has 0 bridgehead atoms. The summed E-state index contributed by atoms with van der Waals surface area (Å²) in [7, 11) is 3.39. The van der Waals surface area contributed by atoms with Crippen LogP contribution in [0.5, 0.6) is 5.75 Å². The Balaban J connectivity index is 2.01. The molecular formula is C18H16N2O2. The van der Waals surface area contributed by atoms with Crippen LogP contribution in [0, 0.1) is 0 Å². The van der Waals surface area contributed by atoms with E-state index < -0.39 is 0 Å². The molecule has 0 aliphatic heterocycles. The summed E-state index contributed by atoms with van der Waals surface area (Å²) in [4.78, 5) is 16.8. The number of benzene rings is 2. The lowest BCUT2D eigenvalue weighted by molar-refractivity contribution is 0.415. The van der Waals surface area contributed by atoms with Crippen molar-refractivity contribution in [2.75, 3.05) is 7.11 Å². The fraction of sp³-hybridized carbons (Fsp3) is 0.111. The molecule has 0 aliphatic carbocycles. The van der Waals surface area contributed by atoms with Crippen LogP contribution in [0.15, 0.2) is 53.3 Å². The van der Waals surface area contributed by atoms with E-state index in [1.54, 1.807) is 24.8 Å². The molecule has 3 aromatic rings. The van der Waals surface area contributed by atoms with E-state index in [0.29, 0.717) is 5.69 Å². The van der Waals surface area contributed by atoms with Gasteiger partial charge < -0.3 is 9.30 Å². The van der Waals surface area contributed by atoms with Gasteiger partial charge in [-0.05, 0) is 35.9 Å². The second-order valence-corrected chi connectivity index (χ2v) is 4.96. The first-order valence-corrected chi connectivity index (χ1v) is 6.97. The molecule has 0 saturated heterocycles. The van der Waals surface area contributed by atoms with Gasteiger partial charge in [-0.1, -0.05) is 30.3 Å². The molecule has 0 saturated carbocycles. The lowest BCUT2D eigenvalue weighted by atomic mass is 10.2. The van der Waals surface area contributed by atoms with Crippen molar-refractivity contribution in [2.24, 2.45) is 7.05 Å². The van der Waals surface area contributed by atoms with Gasteiger partial charge in [-0.25, -0.2) is 4.98 Å². The number of hydrogen-bond donors (Lipinski definition) is 0. The van der Waals surface area contributed by atoms with Gasteiger partial charge in [0.25, 0.3) is 5.56 Å². The number of methoxy groups -OCH3 is 1. The van der Waals surface area contributed by atoms with Crippen LogP contribution < -0.4 is 10.3 Å². The predicted molar refractivity (Wildman–Crippen MR) is 88.9 cm³/mol. The minimum atomic E-state index is -0.108. The summed E-state index contributed by atoms with van der Waals surface area (Å²) in [6.45, 7) is 0. The number of ether oxygens (including phenoxy) is 1. The third kappa shape index (κ3) is 2.63. The fourth-order valence-corrected chi connectivity index (χ4v) is 2.30. The van der Waals surface area contributed by atoms with E-state index in [0.717, 1.165) is 22.3 Å². The lowest BCUT2D eigenvalue weighted by Crippen LogP contribution is -2.21. The van der Waals surface area contributed by atoms with Crippen molar-refractivity contribution < 1.29 is 4.74 Å². The Morgan fingerprint density at radius 3 is 2.50 bits per heavy atom. The number of aryl methyl sites for hydroxylation is 1. The van der Waals surface area contributed by atoms with Gasteiger partial charge in [0.1, 0.15) is 11.4 Å². The van der Waals surface area contributed by atoms with Gasteiger partial charge in [-0.2, -0.15) is 0 Å². The summed E-state index contributed by atoms with van der Waals surface area (Å²) in [5.41, 5.74) is 2.94. The maximum atomic E-state index is 12.3. The number of hydrogen-bond acceptors (Lipinski definition) is 3. The standard InChI is InChI=1S/C18H16N2O2/c1-20-17-6-4-3-5-15(17)19-16(18(20)21)12-9-13-7-10-14(22-2)11-8-13/h3-12H,1-2H3. The number of aromatic nitrogens is 2. The Kier molecular flexibility index (Phi) is 3.74. The summed E-state index contributed by atoms with van der Waals surface area (Å²) in [6.07, 6.45) is 3.62. The molecule has 4 heteroatoms. The minimum absolute atomic E-state index is 0.108. The molecule has 3 rings (SSSR count). The average molecular weight is 292 g/mol. The molecule has 0 amide bonds. The summed E-state index contributed by atoms with van der Waals surface area (Å²) >= 11 is 0. The van der Waals surface area contributed by atoms with Crippen LogP contribution in [-0.2, 0) is 7.05 Å². The third-order valence-electron chi connectivity index (χ3n) is 3.56. The van der Waals surface area contributed by atoms with Gasteiger partial charge in [0.05, 0.1) is 18.1 Å². The van der Waals surface area contributed by atoms with Gasteiger partial charge in [0.15, 0.2) is 0 Å². The highest BCUT2D eigenvalue weighted by molar-refractivity contribution is 5.77.